The van der Waals surface area contributed by atoms with Crippen LogP contribution < -0.4 is 22.1 Å². The van der Waals surface area contributed by atoms with Crippen LogP contribution in [0.5, 0.6) is 0 Å². The molecule has 1 aliphatic rings. The molecule has 0 bridgehead atoms. The monoisotopic (exact) mass is 391 g/mol. The van der Waals surface area contributed by atoms with Gasteiger partial charge in [-0.1, -0.05) is 24.3 Å². The fraction of sp³-hybridized carbons (Fsp3) is 0.261. The smallest absolute Gasteiger partial charge is 0.0682 e. The van der Waals surface area contributed by atoms with Crippen molar-refractivity contribution in [2.45, 2.75) is 26.0 Å². The van der Waals surface area contributed by atoms with Gasteiger partial charge < -0.3 is 27.2 Å². The van der Waals surface area contributed by atoms with Crippen molar-refractivity contribution in [1.29, 1.82) is 0 Å². The number of hydrogen-bond donors (Lipinski definition) is 5. The van der Waals surface area contributed by atoms with Crippen LogP contribution in [0.3, 0.4) is 0 Å². The number of nitrogens with zero attached hydrogens (tertiary/aromatic N) is 1. The summed E-state index contributed by atoms with van der Waals surface area (Å²) in [5.74, 6) is 0. The average molecular weight is 392 g/mol. The lowest BCUT2D eigenvalue weighted by molar-refractivity contribution is 0.282. The second-order valence-corrected chi connectivity index (χ2v) is 7.14. The Labute approximate surface area is 172 Å². The summed E-state index contributed by atoms with van der Waals surface area (Å²) in [5.41, 5.74) is 19.7. The molecule has 7 N–H and O–H groups in total. The number of fused-ring (bicyclic) bond motifs is 1. The van der Waals surface area contributed by atoms with Gasteiger partial charge in [-0.2, -0.15) is 0 Å². The third kappa shape index (κ3) is 4.60. The highest BCUT2D eigenvalue weighted by atomic mass is 16.3. The van der Waals surface area contributed by atoms with Gasteiger partial charge in [-0.15, -0.1) is 0 Å². The molecule has 2 aromatic rings. The third-order valence-corrected chi connectivity index (χ3v) is 5.06. The second-order valence-electron chi connectivity index (χ2n) is 7.14. The zero-order valence-corrected chi connectivity index (χ0v) is 16.9. The lowest BCUT2D eigenvalue weighted by Crippen LogP contribution is -2.16. The number of allylic oxidation sites excluding steroid dienone is 2. The molecule has 152 valence electrons. The summed E-state index contributed by atoms with van der Waals surface area (Å²) in [6.45, 7) is 2.72. The van der Waals surface area contributed by atoms with E-state index in [-0.39, 0.29) is 12.6 Å². The van der Waals surface area contributed by atoms with Crippen molar-refractivity contribution in [3.8, 4) is 0 Å². The van der Waals surface area contributed by atoms with Crippen molar-refractivity contribution < 1.29 is 5.11 Å². The van der Waals surface area contributed by atoms with E-state index >= 15 is 0 Å². The number of hydrogen-bond acceptors (Lipinski definition) is 6. The Balaban J connectivity index is 2.09. The molecule has 3 rings (SSSR count). The first-order valence-corrected chi connectivity index (χ1v) is 9.72. The van der Waals surface area contributed by atoms with E-state index in [0.717, 1.165) is 57.9 Å². The predicted molar refractivity (Wildman–Crippen MR) is 121 cm³/mol. The number of aliphatic hydroxyl groups excluding tert-OH is 1. The Morgan fingerprint density at radius 3 is 2.83 bits per heavy atom. The van der Waals surface area contributed by atoms with Crippen molar-refractivity contribution in [3.05, 3.63) is 76.6 Å². The summed E-state index contributed by atoms with van der Waals surface area (Å²) >= 11 is 0. The molecule has 1 unspecified atom stereocenters. The molecule has 0 aliphatic carbocycles. The molecule has 0 aromatic heterocycles. The first kappa shape index (κ1) is 20.5. The zero-order chi connectivity index (χ0) is 20.8. The van der Waals surface area contributed by atoms with E-state index in [1.165, 1.54) is 0 Å². The minimum Gasteiger partial charge on any atom is -0.404 e. The Morgan fingerprint density at radius 1 is 1.31 bits per heavy atom. The number of nitrogens with one attached hydrogen (secondary N) is 2. The van der Waals surface area contributed by atoms with Gasteiger partial charge in [-0.05, 0) is 48.2 Å². The first-order valence-electron chi connectivity index (χ1n) is 9.72. The van der Waals surface area contributed by atoms with E-state index in [9.17, 15) is 5.11 Å². The van der Waals surface area contributed by atoms with E-state index in [4.69, 9.17) is 11.5 Å². The number of benzene rings is 2. The Kier molecular flexibility index (Phi) is 6.57. The number of anilines is 1. The highest BCUT2D eigenvalue weighted by Gasteiger charge is 2.23. The molecule has 1 aliphatic heterocycles. The van der Waals surface area contributed by atoms with Crippen LogP contribution in [0.2, 0.25) is 0 Å². The SMILES string of the molecule is CN=CC(=CN)c1ccc2c(c1)C(Nc1cccc(CO)c1)CCN/C2=C(/C)N. The summed E-state index contributed by atoms with van der Waals surface area (Å²) in [5, 5.41) is 16.6. The van der Waals surface area contributed by atoms with E-state index in [2.05, 4.69) is 27.8 Å². The predicted octanol–water partition coefficient (Wildman–Crippen LogP) is 2.97. The minimum atomic E-state index is 0.0166. The Bertz CT molecular complexity index is 957. The lowest BCUT2D eigenvalue weighted by Gasteiger charge is -2.22. The first-order chi connectivity index (χ1) is 14.1. The molecule has 6 heteroatoms. The van der Waals surface area contributed by atoms with Crippen LogP contribution in [0.25, 0.3) is 11.3 Å². The van der Waals surface area contributed by atoms with Crippen LogP contribution >= 0.6 is 0 Å². The van der Waals surface area contributed by atoms with Crippen LogP contribution in [0.4, 0.5) is 5.69 Å². The number of nitrogens with two attached hydrogens (primary N) is 2. The Hall–Kier alpha value is -3.25. The van der Waals surface area contributed by atoms with Crippen molar-refractivity contribution in [2.24, 2.45) is 16.5 Å². The molecular formula is C23H29N5O. The highest BCUT2D eigenvalue weighted by Crippen LogP contribution is 2.34. The van der Waals surface area contributed by atoms with Gasteiger partial charge in [0.15, 0.2) is 0 Å². The topological polar surface area (TPSA) is 109 Å². The van der Waals surface area contributed by atoms with Gasteiger partial charge in [0, 0.05) is 48.5 Å². The standard InChI is InChI=1S/C23H29N5O/c1-15(25)23-20-7-6-17(18(12-24)13-26-2)11-21(20)22(8-9-27-23)28-19-5-3-4-16(10-19)14-29/h3-7,10-13,22,27-29H,8-9,14,24-25H2,1-2H3/b18-12?,23-15-,26-13?. The maximum absolute atomic E-state index is 9.45. The molecule has 6 nitrogen and oxygen atoms in total. The van der Waals surface area contributed by atoms with Crippen LogP contribution in [0.1, 0.15) is 41.6 Å². The van der Waals surface area contributed by atoms with E-state index in [1.807, 2.05) is 37.3 Å². The number of aliphatic hydroxyl groups is 1. The molecule has 1 atom stereocenters. The molecule has 0 amide bonds. The maximum atomic E-state index is 9.45. The average Bonchev–Trinajstić information content (AvgIpc) is 2.91. The van der Waals surface area contributed by atoms with Gasteiger partial charge >= 0.3 is 0 Å². The van der Waals surface area contributed by atoms with E-state index in [1.54, 1.807) is 19.5 Å². The van der Waals surface area contributed by atoms with Gasteiger partial charge in [0.2, 0.25) is 0 Å². The zero-order valence-electron chi connectivity index (χ0n) is 16.9. The van der Waals surface area contributed by atoms with E-state index in [0.29, 0.717) is 0 Å². The van der Waals surface area contributed by atoms with Gasteiger partial charge in [-0.25, -0.2) is 0 Å². The normalized spacial score (nSPS) is 18.7. The molecule has 0 saturated carbocycles. The lowest BCUT2D eigenvalue weighted by atomic mass is 9.92. The molecule has 29 heavy (non-hydrogen) atoms. The molecule has 0 saturated heterocycles. The van der Waals surface area contributed by atoms with Crippen LogP contribution in [-0.2, 0) is 6.61 Å². The summed E-state index contributed by atoms with van der Waals surface area (Å²) in [4.78, 5) is 4.11. The van der Waals surface area contributed by atoms with Gasteiger partial charge in [-0.3, -0.25) is 4.99 Å². The van der Waals surface area contributed by atoms with Gasteiger partial charge in [0.05, 0.1) is 18.3 Å². The number of rotatable bonds is 5. The highest BCUT2D eigenvalue weighted by molar-refractivity contribution is 6.09. The molecular weight excluding hydrogens is 362 g/mol. The summed E-state index contributed by atoms with van der Waals surface area (Å²) in [6, 6.07) is 14.2. The van der Waals surface area contributed by atoms with Gasteiger partial charge in [0.1, 0.15) is 0 Å². The van der Waals surface area contributed by atoms with Crippen molar-refractivity contribution in [2.75, 3.05) is 18.9 Å². The van der Waals surface area contributed by atoms with Crippen molar-refractivity contribution >= 4 is 23.2 Å². The van der Waals surface area contributed by atoms with Crippen LogP contribution in [-0.4, -0.2) is 24.9 Å². The fourth-order valence-electron chi connectivity index (χ4n) is 3.67. The molecule has 0 radical (unpaired) electrons. The van der Waals surface area contributed by atoms with Gasteiger partial charge in [0.25, 0.3) is 0 Å². The third-order valence-electron chi connectivity index (χ3n) is 5.06. The number of aliphatic imine (C=N–C) groups is 1. The Morgan fingerprint density at radius 2 is 2.14 bits per heavy atom. The molecule has 0 fully saturated rings. The molecule has 0 spiro atoms. The quantitative estimate of drug-likeness (QED) is 0.504. The second kappa shape index (κ2) is 9.30. The molecule has 1 heterocycles. The summed E-state index contributed by atoms with van der Waals surface area (Å²) in [6.07, 6.45) is 4.21. The fourth-order valence-corrected chi connectivity index (χ4v) is 3.67. The molecule has 2 aromatic carbocycles. The summed E-state index contributed by atoms with van der Waals surface area (Å²) < 4.78 is 0. The largest absolute Gasteiger partial charge is 0.404 e. The summed E-state index contributed by atoms with van der Waals surface area (Å²) in [7, 11) is 1.73. The van der Waals surface area contributed by atoms with Crippen molar-refractivity contribution in [1.82, 2.24) is 5.32 Å². The van der Waals surface area contributed by atoms with Crippen LogP contribution in [0.15, 0.2) is 59.4 Å². The van der Waals surface area contributed by atoms with Crippen LogP contribution in [0, 0.1) is 0 Å². The maximum Gasteiger partial charge on any atom is 0.0682 e. The minimum absolute atomic E-state index is 0.0166. The van der Waals surface area contributed by atoms with E-state index < -0.39 is 0 Å². The van der Waals surface area contributed by atoms with Crippen molar-refractivity contribution in [3.63, 3.8) is 0 Å².